The minimum Gasteiger partial charge on any atom is -0.168 e. The fourth-order valence-electron chi connectivity index (χ4n) is 4.31. The molecule has 0 spiro atoms. The molecule has 4 bridgehead atoms. The molecule has 80 valence electrons. The van der Waals surface area contributed by atoms with Crippen molar-refractivity contribution in [2.75, 3.05) is 12.4 Å². The molecule has 0 atom stereocenters. The molecule has 0 unspecified atom stereocenters. The van der Waals surface area contributed by atoms with Crippen molar-refractivity contribution in [3.63, 3.8) is 0 Å². The Morgan fingerprint density at radius 3 is 2.00 bits per heavy atom. The van der Waals surface area contributed by atoms with Crippen LogP contribution in [0.15, 0.2) is 0 Å². The summed E-state index contributed by atoms with van der Waals surface area (Å²) in [6.45, 7) is 0. The van der Waals surface area contributed by atoms with Crippen LogP contribution in [-0.4, -0.2) is 18.0 Å². The maximum Gasteiger partial charge on any atom is 0.141 e. The lowest BCUT2D eigenvalue weighted by atomic mass is 9.54. The molecule has 0 N–H and O–H groups in total. The van der Waals surface area contributed by atoms with Gasteiger partial charge in [0.15, 0.2) is 0 Å². The maximum absolute atomic E-state index is 7.52. The van der Waals surface area contributed by atoms with Gasteiger partial charge in [0.1, 0.15) is 29.1 Å². The Hall–Kier alpha value is 0.310. The summed E-state index contributed by atoms with van der Waals surface area (Å²) in [5.41, 5.74) is -0.472. The number of hydrogen-bond donors (Lipinski definition) is 0. The Morgan fingerprint density at radius 2 is 1.57 bits per heavy atom. The molecule has 4 fully saturated rings. The summed E-state index contributed by atoms with van der Waals surface area (Å²) in [5.74, 6) is 1.83. The molecule has 0 aromatic rings. The van der Waals surface area contributed by atoms with Gasteiger partial charge in [0.05, 0.1) is 8.22 Å². The SMILES string of the molecule is [2H]C([2H])([2H])[S+](OC12CC3CC(CC(C3)C1)C2)C([2H])([2H])[2H]. The van der Waals surface area contributed by atoms with Gasteiger partial charge in [0, 0.05) is 0 Å². The Labute approximate surface area is 98.6 Å². The summed E-state index contributed by atoms with van der Waals surface area (Å²) < 4.78 is 51.0. The van der Waals surface area contributed by atoms with Gasteiger partial charge in [-0.25, -0.2) is 0 Å². The van der Waals surface area contributed by atoms with Crippen LogP contribution < -0.4 is 0 Å². The summed E-state index contributed by atoms with van der Waals surface area (Å²) in [7, 11) is 0. The summed E-state index contributed by atoms with van der Waals surface area (Å²) in [4.78, 5) is 0. The van der Waals surface area contributed by atoms with Crippen LogP contribution in [0.25, 0.3) is 0 Å². The van der Waals surface area contributed by atoms with Crippen molar-refractivity contribution in [2.24, 2.45) is 17.8 Å². The molecule has 0 amide bonds. The fourth-order valence-corrected chi connectivity index (χ4v) is 4.87. The first kappa shape index (κ1) is 5.09. The first-order valence-electron chi connectivity index (χ1n) is 8.51. The van der Waals surface area contributed by atoms with Crippen molar-refractivity contribution in [1.29, 1.82) is 0 Å². The molecule has 0 aromatic heterocycles. The predicted molar refractivity (Wildman–Crippen MR) is 61.2 cm³/mol. The first-order valence-corrected chi connectivity index (χ1v) is 6.66. The van der Waals surface area contributed by atoms with Gasteiger partial charge >= 0.3 is 0 Å². The van der Waals surface area contributed by atoms with Gasteiger partial charge in [-0.3, -0.25) is 0 Å². The summed E-state index contributed by atoms with van der Waals surface area (Å²) in [5, 5.41) is 0. The van der Waals surface area contributed by atoms with Crippen molar-refractivity contribution in [2.45, 2.75) is 44.1 Å². The zero-order chi connectivity index (χ0) is 14.8. The van der Waals surface area contributed by atoms with Gasteiger partial charge in [0.2, 0.25) is 0 Å². The van der Waals surface area contributed by atoms with Crippen LogP contribution in [0.2, 0.25) is 0 Å². The second-order valence-electron chi connectivity index (χ2n) is 5.45. The fraction of sp³-hybridized carbons (Fsp3) is 1.00. The zero-order valence-electron chi connectivity index (χ0n) is 14.3. The van der Waals surface area contributed by atoms with E-state index in [-0.39, 0.29) is 0 Å². The lowest BCUT2D eigenvalue weighted by Gasteiger charge is -2.54. The quantitative estimate of drug-likeness (QED) is 0.649. The molecule has 4 rings (SSSR count). The number of rotatable bonds is 2. The van der Waals surface area contributed by atoms with Crippen molar-refractivity contribution in [3.8, 4) is 0 Å². The van der Waals surface area contributed by atoms with Crippen LogP contribution in [0.3, 0.4) is 0 Å². The molecule has 0 heterocycles. The van der Waals surface area contributed by atoms with E-state index in [0.29, 0.717) is 17.8 Å². The Morgan fingerprint density at radius 1 is 1.07 bits per heavy atom. The van der Waals surface area contributed by atoms with Gasteiger partial charge in [-0.15, -0.1) is 0 Å². The van der Waals surface area contributed by atoms with Crippen molar-refractivity contribution >= 4 is 11.2 Å². The topological polar surface area (TPSA) is 9.23 Å². The lowest BCUT2D eigenvalue weighted by molar-refractivity contribution is -0.100. The van der Waals surface area contributed by atoms with Crippen molar-refractivity contribution in [3.05, 3.63) is 0 Å². The molecule has 0 aromatic carbocycles. The highest BCUT2D eigenvalue weighted by molar-refractivity contribution is 7.91. The van der Waals surface area contributed by atoms with Crippen LogP contribution in [-0.2, 0) is 15.4 Å². The van der Waals surface area contributed by atoms with E-state index >= 15 is 0 Å². The van der Waals surface area contributed by atoms with Crippen LogP contribution in [0.5, 0.6) is 0 Å². The predicted octanol–water partition coefficient (Wildman–Crippen LogP) is 2.76. The van der Waals surface area contributed by atoms with Gasteiger partial charge < -0.3 is 0 Å². The highest BCUT2D eigenvalue weighted by atomic mass is 32.2. The minimum absolute atomic E-state index is 0.472. The van der Waals surface area contributed by atoms with Crippen LogP contribution >= 0.6 is 0 Å². The average Bonchev–Trinajstić information content (AvgIpc) is 2.21. The molecule has 4 aliphatic rings. The van der Waals surface area contributed by atoms with E-state index in [1.165, 1.54) is 19.3 Å². The molecule has 4 aliphatic carbocycles. The van der Waals surface area contributed by atoms with E-state index < -0.39 is 29.1 Å². The third kappa shape index (κ3) is 1.51. The third-order valence-corrected chi connectivity index (χ3v) is 4.76. The molecular formula is C12H21OS+. The lowest BCUT2D eigenvalue weighted by Crippen LogP contribution is -2.52. The van der Waals surface area contributed by atoms with E-state index in [0.717, 1.165) is 19.3 Å². The molecule has 0 aliphatic heterocycles. The molecular weight excluding hydrogens is 192 g/mol. The molecule has 0 saturated heterocycles. The second kappa shape index (κ2) is 3.15. The van der Waals surface area contributed by atoms with Crippen LogP contribution in [0.1, 0.15) is 46.7 Å². The van der Waals surface area contributed by atoms with Gasteiger partial charge in [0.25, 0.3) is 0 Å². The third-order valence-electron chi connectivity index (χ3n) is 4.24. The van der Waals surface area contributed by atoms with E-state index in [1.54, 1.807) is 0 Å². The minimum atomic E-state index is -2.56. The van der Waals surface area contributed by atoms with Gasteiger partial charge in [-0.1, -0.05) is 0 Å². The Bertz CT molecular complexity index is 341. The summed E-state index contributed by atoms with van der Waals surface area (Å²) in [6.07, 6.45) is 1.11. The van der Waals surface area contributed by atoms with E-state index in [9.17, 15) is 0 Å². The second-order valence-corrected chi connectivity index (χ2v) is 6.16. The van der Waals surface area contributed by atoms with E-state index in [1.807, 2.05) is 0 Å². The standard InChI is InChI=1S/C12H21OS/c1-14(2)13-12-6-9-3-10(7-12)5-11(4-9)8-12/h9-11H,3-8H2,1-2H3/q+1/i1D3,2D3. The highest BCUT2D eigenvalue weighted by Gasteiger charge is 2.54. The summed E-state index contributed by atoms with van der Waals surface area (Å²) >= 11 is -1.97. The van der Waals surface area contributed by atoms with E-state index in [2.05, 4.69) is 0 Å². The van der Waals surface area contributed by atoms with E-state index in [4.69, 9.17) is 12.4 Å². The largest absolute Gasteiger partial charge is 0.168 e. The maximum atomic E-state index is 7.52. The van der Waals surface area contributed by atoms with Crippen LogP contribution in [0.4, 0.5) is 0 Å². The highest BCUT2D eigenvalue weighted by Crippen LogP contribution is 2.57. The van der Waals surface area contributed by atoms with Gasteiger partial charge in [-0.05, 0) is 56.3 Å². The molecule has 14 heavy (non-hydrogen) atoms. The monoisotopic (exact) mass is 219 g/mol. The smallest absolute Gasteiger partial charge is 0.141 e. The Kier molecular flexibility index (Phi) is 1.15. The molecule has 4 saturated carbocycles. The first-order chi connectivity index (χ1) is 9.07. The molecule has 2 heteroatoms. The average molecular weight is 219 g/mol. The molecule has 0 radical (unpaired) electrons. The Balaban J connectivity index is 1.82. The normalized spacial score (nSPS) is 58.5. The zero-order valence-corrected chi connectivity index (χ0v) is 9.11. The molecule has 1 nitrogen and oxygen atoms in total. The van der Waals surface area contributed by atoms with Crippen LogP contribution in [0, 0.1) is 17.8 Å². The van der Waals surface area contributed by atoms with Crippen molar-refractivity contribution < 1.29 is 12.4 Å². The van der Waals surface area contributed by atoms with Crippen molar-refractivity contribution in [1.82, 2.24) is 0 Å². The van der Waals surface area contributed by atoms with Gasteiger partial charge in [-0.2, -0.15) is 4.18 Å². The summed E-state index contributed by atoms with van der Waals surface area (Å²) in [6, 6.07) is 0. The number of hydrogen-bond acceptors (Lipinski definition) is 1.